The molecule has 1 N–H and O–H groups in total. The second-order valence-electron chi connectivity index (χ2n) is 5.21. The molecule has 0 unspecified atom stereocenters. The minimum Gasteiger partial charge on any atom is -0.339 e. The average Bonchev–Trinajstić information content (AvgIpc) is 3.24. The third-order valence-electron chi connectivity index (χ3n) is 3.46. The number of hydrogen-bond donors (Lipinski definition) is 1. The lowest BCUT2D eigenvalue weighted by atomic mass is 10.2. The zero-order valence-electron chi connectivity index (χ0n) is 13.4. The molecule has 6 nitrogen and oxygen atoms in total. The van der Waals surface area contributed by atoms with E-state index in [1.807, 2.05) is 6.92 Å². The van der Waals surface area contributed by atoms with Crippen LogP contribution in [0.15, 0.2) is 45.1 Å². The Morgan fingerprint density at radius 3 is 2.76 bits per heavy atom. The average molecular weight is 381 g/mol. The number of sulfonamides is 1. The molecule has 9 heteroatoms. The molecule has 0 spiro atoms. The second kappa shape index (κ2) is 7.42. The van der Waals surface area contributed by atoms with E-state index in [2.05, 4.69) is 14.9 Å². The standard InChI is InChI=1S/C16H16FN3O3S2/c1-2-11-7-8-15(24-11)25(21,22)18-10-9-14-19-16(20-23-14)12-5-3-4-6-13(12)17/h3-8,18H,2,9-10H2,1H3. The van der Waals surface area contributed by atoms with E-state index in [4.69, 9.17) is 4.52 Å². The molecule has 0 aliphatic heterocycles. The van der Waals surface area contributed by atoms with E-state index in [0.717, 1.165) is 11.3 Å². The molecule has 0 amide bonds. The normalized spacial score (nSPS) is 11.8. The summed E-state index contributed by atoms with van der Waals surface area (Å²) in [7, 11) is -3.55. The first-order valence-corrected chi connectivity index (χ1v) is 9.95. The van der Waals surface area contributed by atoms with Crippen LogP contribution < -0.4 is 4.72 Å². The molecule has 3 rings (SSSR count). The van der Waals surface area contributed by atoms with Crippen LogP contribution in [0.5, 0.6) is 0 Å². The number of nitrogens with zero attached hydrogens (tertiary/aromatic N) is 2. The van der Waals surface area contributed by atoms with Gasteiger partial charge in [0.25, 0.3) is 0 Å². The Morgan fingerprint density at radius 1 is 1.24 bits per heavy atom. The van der Waals surface area contributed by atoms with Crippen LogP contribution in [0.3, 0.4) is 0 Å². The summed E-state index contributed by atoms with van der Waals surface area (Å²) in [6, 6.07) is 9.50. The summed E-state index contributed by atoms with van der Waals surface area (Å²) in [6.45, 7) is 2.08. The number of nitrogens with one attached hydrogen (secondary N) is 1. The summed E-state index contributed by atoms with van der Waals surface area (Å²) < 4.78 is 45.9. The van der Waals surface area contributed by atoms with Crippen molar-refractivity contribution in [2.24, 2.45) is 0 Å². The number of aryl methyl sites for hydroxylation is 1. The smallest absolute Gasteiger partial charge is 0.250 e. The Labute approximate surface area is 148 Å². The van der Waals surface area contributed by atoms with Crippen LogP contribution in [0, 0.1) is 5.82 Å². The number of thiophene rings is 1. The van der Waals surface area contributed by atoms with Crippen molar-refractivity contribution in [2.75, 3.05) is 6.54 Å². The fourth-order valence-electron chi connectivity index (χ4n) is 2.16. The molecule has 132 valence electrons. The Morgan fingerprint density at radius 2 is 2.04 bits per heavy atom. The van der Waals surface area contributed by atoms with Gasteiger partial charge in [-0.25, -0.2) is 17.5 Å². The van der Waals surface area contributed by atoms with Crippen molar-refractivity contribution in [2.45, 2.75) is 24.0 Å². The molecule has 0 fully saturated rings. The molecule has 0 aliphatic carbocycles. The molecule has 25 heavy (non-hydrogen) atoms. The van der Waals surface area contributed by atoms with Crippen LogP contribution in [-0.4, -0.2) is 25.1 Å². The van der Waals surface area contributed by atoms with E-state index < -0.39 is 15.8 Å². The second-order valence-corrected chi connectivity index (χ2v) is 8.38. The van der Waals surface area contributed by atoms with Gasteiger partial charge in [0.2, 0.25) is 21.7 Å². The summed E-state index contributed by atoms with van der Waals surface area (Å²) in [6.07, 6.45) is 1.01. The van der Waals surface area contributed by atoms with Gasteiger partial charge >= 0.3 is 0 Å². The SMILES string of the molecule is CCc1ccc(S(=O)(=O)NCCc2nc(-c3ccccc3F)no2)s1. The van der Waals surface area contributed by atoms with Gasteiger partial charge in [0.05, 0.1) is 5.56 Å². The fraction of sp³-hybridized carbons (Fsp3) is 0.250. The van der Waals surface area contributed by atoms with Crippen LogP contribution in [0.1, 0.15) is 17.7 Å². The third kappa shape index (κ3) is 4.12. The van der Waals surface area contributed by atoms with Crippen molar-refractivity contribution >= 4 is 21.4 Å². The zero-order chi connectivity index (χ0) is 17.9. The number of hydrogen-bond acceptors (Lipinski definition) is 6. The van der Waals surface area contributed by atoms with Crippen molar-refractivity contribution in [3.8, 4) is 11.4 Å². The first-order valence-electron chi connectivity index (χ1n) is 7.65. The molecular formula is C16H16FN3O3S2. The maximum Gasteiger partial charge on any atom is 0.250 e. The Balaban J connectivity index is 1.62. The van der Waals surface area contributed by atoms with Crippen LogP contribution in [0.4, 0.5) is 4.39 Å². The number of aromatic nitrogens is 2. The third-order valence-corrected chi connectivity index (χ3v) is 6.65. The fourth-order valence-corrected chi connectivity index (χ4v) is 4.54. The summed E-state index contributed by atoms with van der Waals surface area (Å²) in [5.41, 5.74) is 0.240. The molecule has 0 saturated carbocycles. The van der Waals surface area contributed by atoms with Gasteiger partial charge in [-0.1, -0.05) is 24.2 Å². The van der Waals surface area contributed by atoms with E-state index >= 15 is 0 Å². The molecule has 0 radical (unpaired) electrons. The summed E-state index contributed by atoms with van der Waals surface area (Å²) in [5, 5.41) is 3.73. The van der Waals surface area contributed by atoms with Gasteiger partial charge in [0.1, 0.15) is 10.0 Å². The Kier molecular flexibility index (Phi) is 5.26. The molecule has 0 aliphatic rings. The monoisotopic (exact) mass is 381 g/mol. The van der Waals surface area contributed by atoms with E-state index in [0.29, 0.717) is 0 Å². The van der Waals surface area contributed by atoms with Crippen molar-refractivity contribution in [1.82, 2.24) is 14.9 Å². The lowest BCUT2D eigenvalue weighted by Gasteiger charge is -2.02. The molecule has 0 atom stereocenters. The van der Waals surface area contributed by atoms with E-state index in [9.17, 15) is 12.8 Å². The molecule has 3 aromatic rings. The van der Waals surface area contributed by atoms with Gasteiger partial charge in [-0.3, -0.25) is 0 Å². The Hall–Kier alpha value is -2.10. The number of benzene rings is 1. The van der Waals surface area contributed by atoms with Crippen LogP contribution >= 0.6 is 11.3 Å². The molecule has 2 heterocycles. The molecule has 0 saturated heterocycles. The molecule has 1 aromatic carbocycles. The van der Waals surface area contributed by atoms with E-state index in [1.165, 1.54) is 17.4 Å². The van der Waals surface area contributed by atoms with Crippen LogP contribution in [0.2, 0.25) is 0 Å². The predicted molar refractivity (Wildman–Crippen MR) is 92.3 cm³/mol. The van der Waals surface area contributed by atoms with Crippen molar-refractivity contribution in [3.63, 3.8) is 0 Å². The van der Waals surface area contributed by atoms with Gasteiger partial charge in [-0.05, 0) is 30.7 Å². The first kappa shape index (κ1) is 17.7. The van der Waals surface area contributed by atoms with Gasteiger partial charge in [0.15, 0.2) is 0 Å². The quantitative estimate of drug-likeness (QED) is 0.680. The van der Waals surface area contributed by atoms with Crippen LogP contribution in [0.25, 0.3) is 11.4 Å². The highest BCUT2D eigenvalue weighted by Crippen LogP contribution is 2.22. The van der Waals surface area contributed by atoms with E-state index in [-0.39, 0.29) is 34.5 Å². The number of rotatable bonds is 7. The van der Waals surface area contributed by atoms with Gasteiger partial charge in [-0.2, -0.15) is 4.98 Å². The summed E-state index contributed by atoms with van der Waals surface area (Å²) in [5.74, 6) is -0.0665. The summed E-state index contributed by atoms with van der Waals surface area (Å²) >= 11 is 1.25. The topological polar surface area (TPSA) is 85.1 Å². The molecular weight excluding hydrogens is 365 g/mol. The zero-order valence-corrected chi connectivity index (χ0v) is 15.0. The lowest BCUT2D eigenvalue weighted by Crippen LogP contribution is -2.25. The summed E-state index contributed by atoms with van der Waals surface area (Å²) in [4.78, 5) is 5.11. The minimum atomic E-state index is -3.55. The highest BCUT2D eigenvalue weighted by molar-refractivity contribution is 7.91. The highest BCUT2D eigenvalue weighted by Gasteiger charge is 2.17. The first-order chi connectivity index (χ1) is 12.0. The lowest BCUT2D eigenvalue weighted by molar-refractivity contribution is 0.378. The van der Waals surface area contributed by atoms with Crippen LogP contribution in [-0.2, 0) is 22.9 Å². The van der Waals surface area contributed by atoms with Gasteiger partial charge < -0.3 is 4.52 Å². The molecule has 2 aromatic heterocycles. The van der Waals surface area contributed by atoms with Crippen molar-refractivity contribution in [1.29, 1.82) is 0 Å². The van der Waals surface area contributed by atoms with Gasteiger partial charge in [0, 0.05) is 17.8 Å². The maximum atomic E-state index is 13.7. The maximum absolute atomic E-state index is 13.7. The minimum absolute atomic E-state index is 0.112. The molecule has 0 bridgehead atoms. The predicted octanol–water partition coefficient (Wildman–Crippen LogP) is 3.02. The largest absolute Gasteiger partial charge is 0.339 e. The van der Waals surface area contributed by atoms with Crippen molar-refractivity contribution < 1.29 is 17.3 Å². The van der Waals surface area contributed by atoms with Gasteiger partial charge in [-0.15, -0.1) is 11.3 Å². The Bertz CT molecular complexity index is 966. The number of halogens is 1. The highest BCUT2D eigenvalue weighted by atomic mass is 32.2. The van der Waals surface area contributed by atoms with Crippen molar-refractivity contribution in [3.05, 3.63) is 53.0 Å². The van der Waals surface area contributed by atoms with E-state index in [1.54, 1.807) is 30.3 Å².